The molecule has 0 saturated heterocycles. The predicted molar refractivity (Wildman–Crippen MR) is 205 cm³/mol. The zero-order valence-corrected chi connectivity index (χ0v) is 36.1. The third kappa shape index (κ3) is 14.7. The summed E-state index contributed by atoms with van der Waals surface area (Å²) in [5, 5.41) is 0. The Balaban J connectivity index is 0.000000569. The summed E-state index contributed by atoms with van der Waals surface area (Å²) in [6, 6.07) is -2.22. The lowest BCUT2D eigenvalue weighted by molar-refractivity contribution is -0.144. The van der Waals surface area contributed by atoms with E-state index in [9.17, 15) is 137 Å². The van der Waals surface area contributed by atoms with Crippen molar-refractivity contribution in [3.63, 3.8) is 0 Å². The molecule has 0 aromatic heterocycles. The van der Waals surface area contributed by atoms with Crippen molar-refractivity contribution in [2.45, 2.75) is 60.4 Å². The molecule has 5 rings (SSSR count). The first kappa shape index (κ1) is 61.6. The Hall–Kier alpha value is -5.92. The van der Waals surface area contributed by atoms with E-state index in [1.807, 2.05) is 0 Å². The van der Waals surface area contributed by atoms with Crippen LogP contribution < -0.4 is 21.9 Å². The van der Waals surface area contributed by atoms with Gasteiger partial charge in [-0.3, -0.25) is 4.79 Å². The predicted octanol–water partition coefficient (Wildman–Crippen LogP) is 14.7. The number of benzene rings is 5. The zero-order chi connectivity index (χ0) is 57.9. The van der Waals surface area contributed by atoms with Crippen molar-refractivity contribution in [2.75, 3.05) is 5.75 Å². The van der Waals surface area contributed by atoms with Crippen LogP contribution in [0.1, 0.15) is 54.9 Å². The molecule has 0 N–H and O–H groups in total. The highest BCUT2D eigenvalue weighted by atomic mass is 32.2. The van der Waals surface area contributed by atoms with Crippen LogP contribution in [-0.2, 0) is 60.3 Å². The van der Waals surface area contributed by atoms with Gasteiger partial charge in [-0.1, -0.05) is 78.9 Å². The number of hydrogen-bond donors (Lipinski definition) is 0. The number of halogens is 30. The van der Waals surface area contributed by atoms with E-state index in [4.69, 9.17) is 0 Å². The SMILES string of the molecule is FC(F)(F)c1cc([B-](c2cc(C(F)(F)F)cc(C(F)(F)F)c2)(c2cc(C(F)(F)F)cc(C(F)(F)F)c2)c2cc(C(F)(F)F)cc(C(F)(F)F)c2)cc(C(F)(F)F)c1.O=C(C[S+](C(F)(F)F)C(F)(F)F)c1ccccc1. The van der Waals surface area contributed by atoms with E-state index < -0.39 is 228 Å². The van der Waals surface area contributed by atoms with Crippen molar-refractivity contribution < 1.29 is 137 Å². The summed E-state index contributed by atoms with van der Waals surface area (Å²) < 4.78 is 414. The first-order valence-electron chi connectivity index (χ1n) is 19.2. The fourth-order valence-corrected chi connectivity index (χ4v) is 8.22. The van der Waals surface area contributed by atoms with Gasteiger partial charge in [-0.15, -0.1) is 26.3 Å². The molecule has 0 aliphatic carbocycles. The van der Waals surface area contributed by atoms with Gasteiger partial charge in [-0.05, 0) is 24.3 Å². The van der Waals surface area contributed by atoms with Gasteiger partial charge < -0.3 is 0 Å². The summed E-state index contributed by atoms with van der Waals surface area (Å²) in [7, 11) is -3.94. The highest BCUT2D eigenvalue weighted by molar-refractivity contribution is 7.99. The van der Waals surface area contributed by atoms with Crippen molar-refractivity contribution in [2.24, 2.45) is 0 Å². The van der Waals surface area contributed by atoms with Crippen molar-refractivity contribution in [3.8, 4) is 0 Å². The Morgan fingerprint density at radius 2 is 0.493 bits per heavy atom. The van der Waals surface area contributed by atoms with Crippen LogP contribution in [0, 0.1) is 0 Å². The topological polar surface area (TPSA) is 17.1 Å². The maximum atomic E-state index is 14.2. The monoisotopic (exact) mass is 1150 g/mol. The van der Waals surface area contributed by atoms with Crippen molar-refractivity contribution in [3.05, 3.63) is 153 Å². The van der Waals surface area contributed by atoms with Crippen molar-refractivity contribution >= 4 is 44.7 Å². The van der Waals surface area contributed by atoms with Gasteiger partial charge in [0, 0.05) is 5.56 Å². The molecule has 0 atom stereocenters. The summed E-state index contributed by atoms with van der Waals surface area (Å²) in [4.78, 5) is 11.4. The molecule has 5 aromatic carbocycles. The summed E-state index contributed by atoms with van der Waals surface area (Å²) in [5.41, 5.74) is -41.3. The van der Waals surface area contributed by atoms with E-state index in [0.29, 0.717) is 0 Å². The molecule has 0 saturated carbocycles. The standard InChI is InChI=1S/C32H12BF24.C10H7F6OS/c34-25(35,36)13-1-14(26(37,38)39)6-21(5-13)33(22-7-15(27(40,41)42)2-16(8-22)28(43,44)45,23-9-17(29(46,47)48)3-18(10-23)30(49,50)51)24-11-19(31(52,53)54)4-20(12-24)32(55,56)57;11-9(12,13)18(10(14,15)16)6-8(17)7-4-2-1-3-5-7/h1-12H;1-5H,6H2/q-1;+1. The van der Waals surface area contributed by atoms with E-state index in [2.05, 4.69) is 0 Å². The van der Waals surface area contributed by atoms with E-state index in [1.165, 1.54) is 30.3 Å². The number of carbonyl (C=O) groups excluding carboxylic acids is 1. The number of Topliss-reactive ketones (excluding diaryl/α,β-unsaturated/α-hetero) is 1. The molecular formula is C42H19BF30OS. The second kappa shape index (κ2) is 20.2. The summed E-state index contributed by atoms with van der Waals surface area (Å²) >= 11 is 0. The molecule has 0 heterocycles. The molecule has 0 unspecified atom stereocenters. The maximum Gasteiger partial charge on any atom is 0.584 e. The smallest absolute Gasteiger partial charge is 0.289 e. The van der Waals surface area contributed by atoms with Crippen molar-refractivity contribution in [1.82, 2.24) is 0 Å². The molecule has 0 aliphatic rings. The quantitative estimate of drug-likeness (QED) is 0.0687. The second-order valence-corrected chi connectivity index (χ2v) is 17.4. The Bertz CT molecular complexity index is 2390. The van der Waals surface area contributed by atoms with Crippen LogP contribution in [0.15, 0.2) is 103 Å². The van der Waals surface area contributed by atoms with Gasteiger partial charge in [0.1, 0.15) is 6.15 Å². The highest BCUT2D eigenvalue weighted by Gasteiger charge is 2.69. The number of alkyl halides is 30. The van der Waals surface area contributed by atoms with Gasteiger partial charge in [0.15, 0.2) is 5.75 Å². The number of rotatable bonds is 7. The van der Waals surface area contributed by atoms with E-state index in [-0.39, 0.29) is 5.56 Å². The minimum atomic E-state index is -6.13. The molecule has 1 nitrogen and oxygen atoms in total. The van der Waals surface area contributed by atoms with E-state index in [1.54, 1.807) is 0 Å². The number of carbonyl (C=O) groups is 1. The molecule has 0 aliphatic heterocycles. The lowest BCUT2D eigenvalue weighted by Gasteiger charge is -2.46. The van der Waals surface area contributed by atoms with Gasteiger partial charge in [-0.25, -0.2) is 0 Å². The zero-order valence-electron chi connectivity index (χ0n) is 35.3. The van der Waals surface area contributed by atoms with Crippen LogP contribution >= 0.6 is 0 Å². The fourth-order valence-electron chi connectivity index (χ4n) is 7.20. The molecule has 0 fully saturated rings. The summed E-state index contributed by atoms with van der Waals surface area (Å²) in [6.07, 6.45) is -54.8. The molecule has 75 heavy (non-hydrogen) atoms. The minimum absolute atomic E-state index is 0.163. The van der Waals surface area contributed by atoms with Crippen LogP contribution in [0.2, 0.25) is 0 Å². The van der Waals surface area contributed by atoms with Crippen LogP contribution in [0.4, 0.5) is 132 Å². The van der Waals surface area contributed by atoms with E-state index >= 15 is 0 Å². The molecule has 5 aromatic rings. The van der Waals surface area contributed by atoms with Gasteiger partial charge in [-0.2, -0.15) is 127 Å². The van der Waals surface area contributed by atoms with Gasteiger partial charge in [0.2, 0.25) is 16.7 Å². The minimum Gasteiger partial charge on any atom is -0.289 e. The Kier molecular flexibility index (Phi) is 16.6. The molecule has 0 bridgehead atoms. The lowest BCUT2D eigenvalue weighted by Crippen LogP contribution is -2.75. The van der Waals surface area contributed by atoms with Gasteiger partial charge in [0.25, 0.3) is 0 Å². The largest absolute Gasteiger partial charge is 0.584 e. The van der Waals surface area contributed by atoms with Crippen LogP contribution in [0.3, 0.4) is 0 Å². The van der Waals surface area contributed by atoms with Crippen molar-refractivity contribution in [1.29, 1.82) is 0 Å². The average molecular weight is 1150 g/mol. The summed E-state index contributed by atoms with van der Waals surface area (Å²) in [6.45, 7) is 0. The molecule has 33 heteroatoms. The molecular weight excluding hydrogens is 1130 g/mol. The van der Waals surface area contributed by atoms with Gasteiger partial charge in [0.05, 0.1) is 44.5 Å². The number of ketones is 1. The Morgan fingerprint density at radius 3 is 0.653 bits per heavy atom. The van der Waals surface area contributed by atoms with Gasteiger partial charge >= 0.3 is 60.4 Å². The molecule has 0 spiro atoms. The molecule has 412 valence electrons. The first-order chi connectivity index (χ1) is 33.4. The van der Waals surface area contributed by atoms with E-state index in [0.717, 1.165) is 0 Å². The molecule has 0 amide bonds. The average Bonchev–Trinajstić information content (AvgIpc) is 3.22. The second-order valence-electron chi connectivity index (χ2n) is 15.4. The van der Waals surface area contributed by atoms with Crippen LogP contribution in [-0.4, -0.2) is 28.7 Å². The highest BCUT2D eigenvalue weighted by Crippen LogP contribution is 2.43. The third-order valence-electron chi connectivity index (χ3n) is 10.4. The maximum absolute atomic E-state index is 14.2. The third-order valence-corrected chi connectivity index (χ3v) is 12.0. The lowest BCUT2D eigenvalue weighted by atomic mass is 9.12. The number of hydrogen-bond acceptors (Lipinski definition) is 1. The fraction of sp³-hybridized carbons (Fsp3) is 0.262. The normalized spacial score (nSPS) is 14.0. The Morgan fingerprint density at radius 1 is 0.307 bits per heavy atom. The van der Waals surface area contributed by atoms with Crippen LogP contribution in [0.5, 0.6) is 0 Å². The van der Waals surface area contributed by atoms with Crippen LogP contribution in [0.25, 0.3) is 0 Å². The molecule has 0 radical (unpaired) electrons. The Labute approximate surface area is 400 Å². The first-order valence-corrected chi connectivity index (χ1v) is 20.6. The summed E-state index contributed by atoms with van der Waals surface area (Å²) in [5.74, 6) is -2.77.